The molecular weight excluding hydrogens is 400 g/mol. The second-order valence-electron chi connectivity index (χ2n) is 8.34. The Morgan fingerprint density at radius 1 is 1.00 bits per heavy atom. The summed E-state index contributed by atoms with van der Waals surface area (Å²) in [7, 11) is 0. The lowest BCUT2D eigenvalue weighted by Crippen LogP contribution is -2.28. The first-order valence-corrected chi connectivity index (χ1v) is 11.1. The highest BCUT2D eigenvalue weighted by Crippen LogP contribution is 2.28. The van der Waals surface area contributed by atoms with Crippen LogP contribution in [0.15, 0.2) is 65.6 Å². The fourth-order valence-electron chi connectivity index (χ4n) is 4.82. The van der Waals surface area contributed by atoms with Crippen LogP contribution in [0.2, 0.25) is 0 Å². The van der Waals surface area contributed by atoms with E-state index < -0.39 is 0 Å². The number of aryl methyl sites for hydroxylation is 2. The van der Waals surface area contributed by atoms with Gasteiger partial charge in [-0.3, -0.25) is 9.59 Å². The lowest BCUT2D eigenvalue weighted by Gasteiger charge is -2.17. The number of hydrogen-bond acceptors (Lipinski definition) is 3. The van der Waals surface area contributed by atoms with Gasteiger partial charge in [-0.05, 0) is 50.5 Å². The van der Waals surface area contributed by atoms with Gasteiger partial charge in [0.15, 0.2) is 0 Å². The molecule has 162 valence electrons. The summed E-state index contributed by atoms with van der Waals surface area (Å²) in [5, 5.41) is 5.97. The normalized spacial score (nSPS) is 13.0. The third-order valence-corrected chi connectivity index (χ3v) is 6.50. The number of para-hydroxylation sites is 2. The average Bonchev–Trinajstić information content (AvgIpc) is 3.35. The quantitative estimate of drug-likeness (QED) is 0.481. The number of amides is 1. The first-order chi connectivity index (χ1) is 15.6. The van der Waals surface area contributed by atoms with E-state index >= 15 is 0 Å². The number of anilines is 1. The molecule has 0 unspecified atom stereocenters. The molecule has 0 bridgehead atoms. The van der Waals surface area contributed by atoms with Crippen LogP contribution in [0.4, 0.5) is 5.69 Å². The lowest BCUT2D eigenvalue weighted by atomic mass is 10.2. The van der Waals surface area contributed by atoms with E-state index in [1.165, 1.54) is 10.2 Å². The van der Waals surface area contributed by atoms with Gasteiger partial charge in [-0.2, -0.15) is 9.78 Å². The summed E-state index contributed by atoms with van der Waals surface area (Å²) in [6.45, 7) is 5.44. The van der Waals surface area contributed by atoms with E-state index in [-0.39, 0.29) is 11.5 Å². The number of fused-ring (bicyclic) bond motifs is 2. The van der Waals surface area contributed by atoms with E-state index in [0.717, 1.165) is 47.5 Å². The van der Waals surface area contributed by atoms with Crippen LogP contribution in [0, 0.1) is 13.8 Å². The molecule has 3 heterocycles. The van der Waals surface area contributed by atoms with Crippen LogP contribution in [-0.2, 0) is 17.8 Å². The van der Waals surface area contributed by atoms with Crippen LogP contribution >= 0.6 is 0 Å². The van der Waals surface area contributed by atoms with Crippen LogP contribution in [-0.4, -0.2) is 26.8 Å². The van der Waals surface area contributed by atoms with Crippen LogP contribution in [0.3, 0.4) is 0 Å². The third-order valence-electron chi connectivity index (χ3n) is 6.50. The molecule has 5 rings (SSSR count). The largest absolute Gasteiger partial charge is 0.348 e. The van der Waals surface area contributed by atoms with Crippen molar-refractivity contribution in [3.63, 3.8) is 0 Å². The molecule has 0 fully saturated rings. The fraction of sp³-hybridized carbons (Fsp3) is 0.269. The van der Waals surface area contributed by atoms with E-state index in [9.17, 15) is 9.59 Å². The SMILES string of the molecule is Cc1c2cnn(-c3ccccc3)c(=O)c2c(C)n1CCCC(=O)N1CCc2ccccc21. The summed E-state index contributed by atoms with van der Waals surface area (Å²) in [5.41, 5.74) is 4.86. The molecular formula is C26H26N4O2. The highest BCUT2D eigenvalue weighted by molar-refractivity contribution is 5.95. The summed E-state index contributed by atoms with van der Waals surface area (Å²) < 4.78 is 3.60. The molecule has 1 aliphatic rings. The fourth-order valence-corrected chi connectivity index (χ4v) is 4.82. The molecule has 0 atom stereocenters. The van der Waals surface area contributed by atoms with Gasteiger partial charge < -0.3 is 9.47 Å². The molecule has 6 heteroatoms. The van der Waals surface area contributed by atoms with Crippen molar-refractivity contribution < 1.29 is 4.79 Å². The molecule has 0 radical (unpaired) electrons. The molecule has 2 aromatic heterocycles. The average molecular weight is 427 g/mol. The van der Waals surface area contributed by atoms with Crippen molar-refractivity contribution in [1.82, 2.24) is 14.3 Å². The molecule has 0 saturated carbocycles. The van der Waals surface area contributed by atoms with E-state index in [4.69, 9.17) is 0 Å². The molecule has 32 heavy (non-hydrogen) atoms. The lowest BCUT2D eigenvalue weighted by molar-refractivity contribution is -0.118. The highest BCUT2D eigenvalue weighted by atomic mass is 16.2. The number of nitrogens with zero attached hydrogens (tertiary/aromatic N) is 4. The van der Waals surface area contributed by atoms with Gasteiger partial charge in [0.05, 0.1) is 17.3 Å². The number of hydrogen-bond donors (Lipinski definition) is 0. The molecule has 4 aromatic rings. The summed E-state index contributed by atoms with van der Waals surface area (Å²) >= 11 is 0. The van der Waals surface area contributed by atoms with Crippen molar-refractivity contribution in [2.45, 2.75) is 39.7 Å². The number of aromatic nitrogens is 3. The topological polar surface area (TPSA) is 60.1 Å². The van der Waals surface area contributed by atoms with E-state index in [1.807, 2.05) is 67.3 Å². The molecule has 6 nitrogen and oxygen atoms in total. The number of benzene rings is 2. The zero-order chi connectivity index (χ0) is 22.2. The first-order valence-electron chi connectivity index (χ1n) is 11.1. The van der Waals surface area contributed by atoms with Gasteiger partial charge in [-0.15, -0.1) is 0 Å². The van der Waals surface area contributed by atoms with Crippen molar-refractivity contribution in [2.75, 3.05) is 11.4 Å². The van der Waals surface area contributed by atoms with E-state index in [2.05, 4.69) is 15.7 Å². The number of rotatable bonds is 5. The number of carbonyl (C=O) groups excluding carboxylic acids is 1. The second kappa shape index (κ2) is 8.11. The van der Waals surface area contributed by atoms with Crippen molar-refractivity contribution in [3.05, 3.63) is 88.1 Å². The van der Waals surface area contributed by atoms with Crippen molar-refractivity contribution >= 4 is 22.4 Å². The summed E-state index contributed by atoms with van der Waals surface area (Å²) in [5.74, 6) is 0.162. The minimum absolute atomic E-state index is 0.113. The summed E-state index contributed by atoms with van der Waals surface area (Å²) in [4.78, 5) is 28.0. The standard InChI is InChI=1S/C26H26N4O2/c1-18-22-17-27-30(21-10-4-3-5-11-21)26(32)25(22)19(2)28(18)15-8-13-24(31)29-16-14-20-9-6-7-12-23(20)29/h3-7,9-12,17H,8,13-16H2,1-2H3. The zero-order valence-corrected chi connectivity index (χ0v) is 18.4. The maximum atomic E-state index is 13.2. The molecule has 2 aromatic carbocycles. The molecule has 1 amide bonds. The van der Waals surface area contributed by atoms with E-state index in [0.29, 0.717) is 18.4 Å². The zero-order valence-electron chi connectivity index (χ0n) is 18.4. The smallest absolute Gasteiger partial charge is 0.281 e. The second-order valence-corrected chi connectivity index (χ2v) is 8.34. The van der Waals surface area contributed by atoms with Crippen molar-refractivity contribution in [2.24, 2.45) is 0 Å². The summed E-state index contributed by atoms with van der Waals surface area (Å²) in [6.07, 6.45) is 3.90. The minimum Gasteiger partial charge on any atom is -0.348 e. The third kappa shape index (κ3) is 3.32. The molecule has 0 N–H and O–H groups in total. The molecule has 1 aliphatic heterocycles. The van der Waals surface area contributed by atoms with Crippen LogP contribution in [0.1, 0.15) is 29.8 Å². The van der Waals surface area contributed by atoms with Gasteiger partial charge >= 0.3 is 0 Å². The Bertz CT molecular complexity index is 1370. The van der Waals surface area contributed by atoms with Gasteiger partial charge in [0.2, 0.25) is 5.91 Å². The minimum atomic E-state index is -0.113. The Kier molecular flexibility index (Phi) is 5.13. The molecule has 0 spiro atoms. The predicted octanol–water partition coefficient (Wildman–Crippen LogP) is 4.17. The van der Waals surface area contributed by atoms with Crippen molar-refractivity contribution in [3.8, 4) is 5.69 Å². The Balaban J connectivity index is 1.37. The van der Waals surface area contributed by atoms with Gasteiger partial charge in [0, 0.05) is 42.0 Å². The Morgan fingerprint density at radius 2 is 1.75 bits per heavy atom. The van der Waals surface area contributed by atoms with Gasteiger partial charge in [0.25, 0.3) is 5.56 Å². The Morgan fingerprint density at radius 3 is 2.56 bits per heavy atom. The Hall–Kier alpha value is -3.67. The van der Waals surface area contributed by atoms with Crippen LogP contribution < -0.4 is 10.5 Å². The van der Waals surface area contributed by atoms with Crippen LogP contribution in [0.25, 0.3) is 16.5 Å². The van der Waals surface area contributed by atoms with Crippen LogP contribution in [0.5, 0.6) is 0 Å². The van der Waals surface area contributed by atoms with Gasteiger partial charge in [-0.25, -0.2) is 0 Å². The molecule has 0 saturated heterocycles. The Labute approximate surface area is 186 Å². The van der Waals surface area contributed by atoms with Gasteiger partial charge in [-0.1, -0.05) is 36.4 Å². The maximum Gasteiger partial charge on any atom is 0.281 e. The molecule has 0 aliphatic carbocycles. The predicted molar refractivity (Wildman–Crippen MR) is 127 cm³/mol. The van der Waals surface area contributed by atoms with E-state index in [1.54, 1.807) is 6.20 Å². The highest BCUT2D eigenvalue weighted by Gasteiger charge is 2.24. The first kappa shape index (κ1) is 20.2. The maximum absolute atomic E-state index is 13.2. The van der Waals surface area contributed by atoms with Gasteiger partial charge in [0.1, 0.15) is 0 Å². The summed E-state index contributed by atoms with van der Waals surface area (Å²) in [6, 6.07) is 17.6. The monoisotopic (exact) mass is 426 g/mol. The van der Waals surface area contributed by atoms with Crippen molar-refractivity contribution in [1.29, 1.82) is 0 Å². The number of carbonyl (C=O) groups is 1.